The molecule has 2 aromatic carbocycles. The number of halogens is 3. The second-order valence-corrected chi connectivity index (χ2v) is 9.95. The van der Waals surface area contributed by atoms with E-state index in [0.29, 0.717) is 10.0 Å². The predicted molar refractivity (Wildman–Crippen MR) is 113 cm³/mol. The van der Waals surface area contributed by atoms with Gasteiger partial charge < -0.3 is 4.90 Å². The van der Waals surface area contributed by atoms with E-state index >= 15 is 0 Å². The van der Waals surface area contributed by atoms with Crippen LogP contribution < -0.4 is 0 Å². The number of hydrogen-bond acceptors (Lipinski definition) is 3. The SMILES string of the molecule is O=C(/C=C/c1cc(Br)ccc1F)N1CCN(S(=O)(=O)c2ccc(Br)cc2)CC1. The van der Waals surface area contributed by atoms with E-state index in [0.717, 1.165) is 4.47 Å². The molecule has 0 atom stereocenters. The molecule has 0 spiro atoms. The van der Waals surface area contributed by atoms with Gasteiger partial charge in [0.25, 0.3) is 0 Å². The van der Waals surface area contributed by atoms with Gasteiger partial charge in [0.05, 0.1) is 4.90 Å². The lowest BCUT2D eigenvalue weighted by Crippen LogP contribution is -2.50. The van der Waals surface area contributed by atoms with Crippen molar-refractivity contribution in [3.8, 4) is 0 Å². The average Bonchev–Trinajstić information content (AvgIpc) is 2.69. The molecule has 28 heavy (non-hydrogen) atoms. The highest BCUT2D eigenvalue weighted by molar-refractivity contribution is 9.10. The van der Waals surface area contributed by atoms with Crippen LogP contribution in [0.2, 0.25) is 0 Å². The zero-order valence-corrected chi connectivity index (χ0v) is 18.7. The lowest BCUT2D eigenvalue weighted by molar-refractivity contribution is -0.127. The molecule has 5 nitrogen and oxygen atoms in total. The molecule has 9 heteroatoms. The van der Waals surface area contributed by atoms with E-state index in [2.05, 4.69) is 31.9 Å². The summed E-state index contributed by atoms with van der Waals surface area (Å²) < 4.78 is 42.1. The first-order valence-electron chi connectivity index (χ1n) is 8.45. The van der Waals surface area contributed by atoms with Crippen molar-refractivity contribution >= 4 is 53.9 Å². The maximum Gasteiger partial charge on any atom is 0.246 e. The van der Waals surface area contributed by atoms with Crippen LogP contribution in [0.25, 0.3) is 6.08 Å². The molecule has 0 N–H and O–H groups in total. The monoisotopic (exact) mass is 530 g/mol. The Morgan fingerprint density at radius 2 is 1.57 bits per heavy atom. The zero-order chi connectivity index (χ0) is 20.3. The molecule has 1 aliphatic rings. The molecule has 3 rings (SSSR count). The molecule has 0 unspecified atom stereocenters. The number of benzene rings is 2. The smallest absolute Gasteiger partial charge is 0.246 e. The first-order chi connectivity index (χ1) is 13.3. The second-order valence-electron chi connectivity index (χ2n) is 6.18. The van der Waals surface area contributed by atoms with Crippen molar-refractivity contribution in [1.82, 2.24) is 9.21 Å². The van der Waals surface area contributed by atoms with Gasteiger partial charge in [-0.15, -0.1) is 0 Å². The van der Waals surface area contributed by atoms with Crippen LogP contribution in [0.4, 0.5) is 4.39 Å². The van der Waals surface area contributed by atoms with Crippen molar-refractivity contribution < 1.29 is 17.6 Å². The van der Waals surface area contributed by atoms with Gasteiger partial charge in [-0.3, -0.25) is 4.79 Å². The summed E-state index contributed by atoms with van der Waals surface area (Å²) in [6.45, 7) is 0.978. The van der Waals surface area contributed by atoms with E-state index in [1.807, 2.05) is 0 Å². The first kappa shape index (κ1) is 21.2. The maximum absolute atomic E-state index is 13.8. The standard InChI is InChI=1S/C19H17Br2FN2O3S/c20-15-2-5-17(6-3-15)28(26,27)24-11-9-23(10-12-24)19(25)8-1-14-13-16(21)4-7-18(14)22/h1-8,13H,9-12H2/b8-1+. The molecular formula is C19H17Br2FN2O3S. The Morgan fingerprint density at radius 3 is 2.21 bits per heavy atom. The van der Waals surface area contributed by atoms with Crippen molar-refractivity contribution in [3.63, 3.8) is 0 Å². The fourth-order valence-electron chi connectivity index (χ4n) is 2.81. The van der Waals surface area contributed by atoms with Crippen molar-refractivity contribution in [1.29, 1.82) is 0 Å². The number of carbonyl (C=O) groups excluding carboxylic acids is 1. The summed E-state index contributed by atoms with van der Waals surface area (Å²) in [5.41, 5.74) is 0.305. The van der Waals surface area contributed by atoms with Crippen LogP contribution in [0.3, 0.4) is 0 Å². The highest BCUT2D eigenvalue weighted by Crippen LogP contribution is 2.21. The number of carbonyl (C=O) groups is 1. The molecule has 0 aromatic heterocycles. The minimum absolute atomic E-state index is 0.212. The molecule has 0 aliphatic carbocycles. The largest absolute Gasteiger partial charge is 0.337 e. The third-order valence-corrected chi connectivity index (χ3v) is 7.30. The van der Waals surface area contributed by atoms with Crippen LogP contribution in [-0.2, 0) is 14.8 Å². The van der Waals surface area contributed by atoms with Crippen molar-refractivity contribution in [3.05, 3.63) is 68.9 Å². The van der Waals surface area contributed by atoms with Crippen molar-refractivity contribution in [2.24, 2.45) is 0 Å². The van der Waals surface area contributed by atoms with Crippen LogP contribution in [0, 0.1) is 5.82 Å². The van der Waals surface area contributed by atoms with Gasteiger partial charge in [0.1, 0.15) is 5.82 Å². The second kappa shape index (κ2) is 8.86. The van der Waals surface area contributed by atoms with E-state index in [-0.39, 0.29) is 37.0 Å². The number of amides is 1. The highest BCUT2D eigenvalue weighted by atomic mass is 79.9. The van der Waals surface area contributed by atoms with E-state index in [1.165, 1.54) is 22.5 Å². The molecule has 2 aromatic rings. The molecule has 1 amide bonds. The predicted octanol–water partition coefficient (Wildman–Crippen LogP) is 3.90. The first-order valence-corrected chi connectivity index (χ1v) is 11.5. The molecular weight excluding hydrogens is 515 g/mol. The molecule has 0 radical (unpaired) electrons. The molecule has 1 saturated heterocycles. The summed E-state index contributed by atoms with van der Waals surface area (Å²) in [5.74, 6) is -0.697. The Kier molecular flexibility index (Phi) is 6.69. The molecule has 0 bridgehead atoms. The van der Waals surface area contributed by atoms with E-state index < -0.39 is 15.8 Å². The van der Waals surface area contributed by atoms with Gasteiger partial charge in [-0.1, -0.05) is 31.9 Å². The lowest BCUT2D eigenvalue weighted by atomic mass is 10.2. The van der Waals surface area contributed by atoms with Crippen LogP contribution >= 0.6 is 31.9 Å². The van der Waals surface area contributed by atoms with E-state index in [1.54, 1.807) is 41.3 Å². The fourth-order valence-corrected chi connectivity index (χ4v) is 4.88. The third-order valence-electron chi connectivity index (χ3n) is 4.37. The minimum atomic E-state index is -3.59. The number of sulfonamides is 1. The number of nitrogens with zero attached hydrogens (tertiary/aromatic N) is 2. The zero-order valence-electron chi connectivity index (χ0n) is 14.7. The van der Waals surface area contributed by atoms with Gasteiger partial charge in [0.2, 0.25) is 15.9 Å². The summed E-state index contributed by atoms with van der Waals surface area (Å²) in [6, 6.07) is 10.9. The fraction of sp³-hybridized carbons (Fsp3) is 0.211. The van der Waals surface area contributed by atoms with Gasteiger partial charge in [-0.05, 0) is 48.5 Å². The van der Waals surface area contributed by atoms with Gasteiger partial charge in [0, 0.05) is 46.8 Å². The lowest BCUT2D eigenvalue weighted by Gasteiger charge is -2.33. The summed E-state index contributed by atoms with van der Waals surface area (Å²) >= 11 is 6.55. The van der Waals surface area contributed by atoms with E-state index in [4.69, 9.17) is 0 Å². The molecule has 1 heterocycles. The number of hydrogen-bond donors (Lipinski definition) is 0. The van der Waals surface area contributed by atoms with Crippen molar-refractivity contribution in [2.45, 2.75) is 4.90 Å². The Labute approximate surface area is 180 Å². The normalized spacial score (nSPS) is 15.9. The Balaban J connectivity index is 1.63. The Morgan fingerprint density at radius 1 is 0.964 bits per heavy atom. The van der Waals surface area contributed by atoms with Crippen LogP contribution in [0.15, 0.2) is 62.4 Å². The van der Waals surface area contributed by atoms with Gasteiger partial charge in [0.15, 0.2) is 0 Å². The molecule has 148 valence electrons. The van der Waals surface area contributed by atoms with Gasteiger partial charge in [-0.2, -0.15) is 4.31 Å². The number of piperazine rings is 1. The number of rotatable bonds is 4. The van der Waals surface area contributed by atoms with Crippen LogP contribution in [0.5, 0.6) is 0 Å². The van der Waals surface area contributed by atoms with Gasteiger partial charge >= 0.3 is 0 Å². The Bertz CT molecular complexity index is 1000. The Hall–Kier alpha value is -1.55. The summed E-state index contributed by atoms with van der Waals surface area (Å²) in [7, 11) is -3.59. The molecule has 1 fully saturated rings. The van der Waals surface area contributed by atoms with Crippen LogP contribution in [0.1, 0.15) is 5.56 Å². The molecule has 0 saturated carbocycles. The van der Waals surface area contributed by atoms with E-state index in [9.17, 15) is 17.6 Å². The van der Waals surface area contributed by atoms with Crippen molar-refractivity contribution in [2.75, 3.05) is 26.2 Å². The summed E-state index contributed by atoms with van der Waals surface area (Å²) in [4.78, 5) is 14.1. The quantitative estimate of drug-likeness (QED) is 0.562. The van der Waals surface area contributed by atoms with Crippen LogP contribution in [-0.4, -0.2) is 49.7 Å². The third kappa shape index (κ3) is 4.89. The maximum atomic E-state index is 13.8. The summed E-state index contributed by atoms with van der Waals surface area (Å²) in [5, 5.41) is 0. The average molecular weight is 532 g/mol. The highest BCUT2D eigenvalue weighted by Gasteiger charge is 2.29. The topological polar surface area (TPSA) is 57.7 Å². The minimum Gasteiger partial charge on any atom is -0.337 e. The summed E-state index contributed by atoms with van der Waals surface area (Å²) in [6.07, 6.45) is 2.73. The van der Waals surface area contributed by atoms with Gasteiger partial charge in [-0.25, -0.2) is 12.8 Å². The molecule has 1 aliphatic heterocycles.